The van der Waals surface area contributed by atoms with Gasteiger partial charge in [-0.3, -0.25) is 14.7 Å². The lowest BCUT2D eigenvalue weighted by molar-refractivity contribution is 0.0238. The summed E-state index contributed by atoms with van der Waals surface area (Å²) in [6.45, 7) is 65.6. The van der Waals surface area contributed by atoms with E-state index in [2.05, 4.69) is 234 Å². The molecule has 2 aromatic rings. The third-order valence-corrected chi connectivity index (χ3v) is 19.7. The number of hydrogen-bond acceptors (Lipinski definition) is 11. The van der Waals surface area contributed by atoms with E-state index in [4.69, 9.17) is 4.74 Å². The lowest BCUT2D eigenvalue weighted by Crippen LogP contribution is -2.48. The summed E-state index contributed by atoms with van der Waals surface area (Å²) in [7, 11) is 2.19. The van der Waals surface area contributed by atoms with Crippen LogP contribution in [-0.2, 0) is 4.74 Å². The van der Waals surface area contributed by atoms with Gasteiger partial charge in [0.05, 0.1) is 13.2 Å². The lowest BCUT2D eigenvalue weighted by atomic mass is 9.89. The standard InChI is InChI=1S/C14H21N.C13H20N2.2C9H19N.C8H18N2.C8H17N.C7H15NO.C7H15N/c1-12(2)15-10-8-14(9-11-15)13-6-4-3-5-7-13;1-12(2)14-8-10-15(11-9-14)13-6-4-3-5-7-13;1-8(2)10-6-4-9(3)5-7-10;1-9(2)10-7-5-3-4-6-8-10;1-8(2)10-6-4-9(3)5-7-10;1-8(2)9-6-4-3-5-7-9;1-7(2)8-3-5-9-6-4-8;1-7(2)8-5-3-4-6-8/h3-7,12,14H,8-11H2,1-2H3;3-7,12H,8-11H2,1-2H3;8-9H,4-7H2,1-3H3;9H,3-8H2,1-2H3;8H,4-7H2,1-3H3;8H,3-7H2,1-2H3;7H,3-6H2,1-2H3;7H,3-6H2,1-2H3. The minimum Gasteiger partial charge on any atom is -0.379 e. The monoisotopic (exact) mass is 1200 g/mol. The smallest absolute Gasteiger partial charge is 0.0594 e. The number of anilines is 1. The van der Waals surface area contributed by atoms with E-state index in [-0.39, 0.29) is 0 Å². The number of hydrogen-bond donors (Lipinski definition) is 0. The van der Waals surface area contributed by atoms with Crippen LogP contribution in [0.2, 0.25) is 0 Å². The van der Waals surface area contributed by atoms with Crippen molar-refractivity contribution in [3.63, 3.8) is 0 Å². The Balaban J connectivity index is 0.000000260. The van der Waals surface area contributed by atoms with Crippen molar-refractivity contribution in [1.82, 2.24) is 44.1 Å². The van der Waals surface area contributed by atoms with Crippen LogP contribution in [0, 0.1) is 5.92 Å². The molecule has 11 heteroatoms. The molecule has 0 radical (unpaired) electrons. The molecule has 0 aliphatic carbocycles. The molecule has 2 aromatic carbocycles. The zero-order chi connectivity index (χ0) is 63.2. The summed E-state index contributed by atoms with van der Waals surface area (Å²) >= 11 is 0. The Bertz CT molecular complexity index is 1690. The molecule has 0 amide bonds. The molecule has 0 N–H and O–H groups in total. The molecule has 0 spiro atoms. The Morgan fingerprint density at radius 2 is 0.581 bits per heavy atom. The Hall–Kier alpha value is -2.16. The van der Waals surface area contributed by atoms with Gasteiger partial charge >= 0.3 is 0 Å². The first-order valence-corrected chi connectivity index (χ1v) is 36.2. The predicted octanol–water partition coefficient (Wildman–Crippen LogP) is 14.6. The van der Waals surface area contributed by atoms with E-state index < -0.39 is 0 Å². The molecule has 0 saturated carbocycles. The highest BCUT2D eigenvalue weighted by Gasteiger charge is 2.23. The fourth-order valence-electron chi connectivity index (χ4n) is 12.9. The first-order valence-electron chi connectivity index (χ1n) is 36.2. The number of ether oxygens (including phenoxy) is 1. The second-order valence-corrected chi connectivity index (χ2v) is 28.8. The van der Waals surface area contributed by atoms with E-state index in [1.54, 1.807) is 0 Å². The third-order valence-electron chi connectivity index (χ3n) is 19.7. The molecule has 8 fully saturated rings. The van der Waals surface area contributed by atoms with E-state index in [1.165, 1.54) is 199 Å². The van der Waals surface area contributed by atoms with E-state index in [1.807, 2.05) is 0 Å². The molecule has 0 unspecified atom stereocenters. The molecule has 500 valence electrons. The molecule has 8 aliphatic heterocycles. The summed E-state index contributed by atoms with van der Waals surface area (Å²) in [5.74, 6) is 1.76. The minimum atomic E-state index is 0.683. The van der Waals surface area contributed by atoms with Crippen LogP contribution in [0.15, 0.2) is 60.7 Å². The van der Waals surface area contributed by atoms with E-state index in [9.17, 15) is 0 Å². The zero-order valence-electron chi connectivity index (χ0n) is 60.2. The minimum absolute atomic E-state index is 0.683. The summed E-state index contributed by atoms with van der Waals surface area (Å²) in [6.07, 6.45) is 18.3. The van der Waals surface area contributed by atoms with Crippen molar-refractivity contribution in [1.29, 1.82) is 0 Å². The Kier molecular flexibility index (Phi) is 41.8. The molecule has 8 saturated heterocycles. The van der Waals surface area contributed by atoms with Gasteiger partial charge in [0.15, 0.2) is 0 Å². The number of piperazine rings is 2. The van der Waals surface area contributed by atoms with Gasteiger partial charge in [-0.15, -0.1) is 0 Å². The van der Waals surface area contributed by atoms with Gasteiger partial charge in [0.2, 0.25) is 0 Å². The summed E-state index contributed by atoms with van der Waals surface area (Å²) in [5, 5.41) is 0. The number of piperidine rings is 3. The summed E-state index contributed by atoms with van der Waals surface area (Å²) in [6, 6.07) is 27.5. The van der Waals surface area contributed by atoms with Crippen molar-refractivity contribution in [3.8, 4) is 0 Å². The topological polar surface area (TPSA) is 41.6 Å². The largest absolute Gasteiger partial charge is 0.379 e. The normalized spacial score (nSPS) is 21.9. The quantitative estimate of drug-likeness (QED) is 0.229. The van der Waals surface area contributed by atoms with E-state index in [0.29, 0.717) is 18.1 Å². The highest BCUT2D eigenvalue weighted by Crippen LogP contribution is 2.28. The Morgan fingerprint density at radius 1 is 0.302 bits per heavy atom. The highest BCUT2D eigenvalue weighted by atomic mass is 16.5. The number of para-hydroxylation sites is 1. The van der Waals surface area contributed by atoms with Gasteiger partial charge in [-0.1, -0.05) is 74.7 Å². The van der Waals surface area contributed by atoms with Crippen LogP contribution in [-0.4, -0.2) is 244 Å². The third kappa shape index (κ3) is 33.8. The predicted molar refractivity (Wildman–Crippen MR) is 379 cm³/mol. The van der Waals surface area contributed by atoms with Gasteiger partial charge in [-0.2, -0.15) is 0 Å². The van der Waals surface area contributed by atoms with Crippen LogP contribution in [0.5, 0.6) is 0 Å². The molecule has 11 nitrogen and oxygen atoms in total. The molecule has 86 heavy (non-hydrogen) atoms. The van der Waals surface area contributed by atoms with Crippen molar-refractivity contribution in [2.24, 2.45) is 5.92 Å². The highest BCUT2D eigenvalue weighted by molar-refractivity contribution is 5.46. The molecular formula is C75H144N10O. The van der Waals surface area contributed by atoms with Crippen molar-refractivity contribution in [2.45, 2.75) is 255 Å². The molecule has 0 atom stereocenters. The molecular weight excluding hydrogens is 1060 g/mol. The molecule has 0 bridgehead atoms. The number of benzene rings is 2. The van der Waals surface area contributed by atoms with E-state index in [0.717, 1.165) is 81.4 Å². The van der Waals surface area contributed by atoms with Gasteiger partial charge in [-0.05, 0) is 277 Å². The van der Waals surface area contributed by atoms with Gasteiger partial charge in [0, 0.05) is 119 Å². The number of morpholine rings is 1. The second-order valence-electron chi connectivity index (χ2n) is 28.8. The summed E-state index contributed by atoms with van der Waals surface area (Å²) in [4.78, 5) is 25.2. The maximum absolute atomic E-state index is 5.21. The molecule has 10 rings (SSSR count). The van der Waals surface area contributed by atoms with Crippen LogP contribution in [0.4, 0.5) is 5.69 Å². The first kappa shape index (κ1) is 78.1. The molecule has 8 heterocycles. The zero-order valence-corrected chi connectivity index (χ0v) is 60.2. The van der Waals surface area contributed by atoms with Crippen LogP contribution in [0.3, 0.4) is 0 Å². The molecule has 0 aromatic heterocycles. The summed E-state index contributed by atoms with van der Waals surface area (Å²) in [5.41, 5.74) is 2.89. The van der Waals surface area contributed by atoms with Crippen LogP contribution >= 0.6 is 0 Å². The number of nitrogens with zero attached hydrogens (tertiary/aromatic N) is 10. The lowest BCUT2D eigenvalue weighted by Gasteiger charge is -2.38. The Morgan fingerprint density at radius 3 is 0.930 bits per heavy atom. The van der Waals surface area contributed by atoms with Crippen LogP contribution < -0.4 is 4.90 Å². The van der Waals surface area contributed by atoms with Crippen LogP contribution in [0.1, 0.15) is 213 Å². The number of rotatable bonds is 10. The van der Waals surface area contributed by atoms with Crippen LogP contribution in [0.25, 0.3) is 0 Å². The van der Waals surface area contributed by atoms with Crippen molar-refractivity contribution in [2.75, 3.05) is 156 Å². The van der Waals surface area contributed by atoms with Crippen molar-refractivity contribution >= 4 is 5.69 Å². The van der Waals surface area contributed by atoms with Gasteiger partial charge < -0.3 is 39.0 Å². The average molecular weight is 1200 g/mol. The van der Waals surface area contributed by atoms with Crippen molar-refractivity contribution in [3.05, 3.63) is 66.2 Å². The van der Waals surface area contributed by atoms with Gasteiger partial charge in [-0.25, -0.2) is 0 Å². The van der Waals surface area contributed by atoms with Gasteiger partial charge in [0.1, 0.15) is 0 Å². The maximum Gasteiger partial charge on any atom is 0.0594 e. The fraction of sp³-hybridized carbons (Fsp3) is 0.840. The van der Waals surface area contributed by atoms with Gasteiger partial charge in [0.25, 0.3) is 0 Å². The number of likely N-dealkylation sites (N-methyl/N-ethyl adjacent to an activating group) is 1. The summed E-state index contributed by atoms with van der Waals surface area (Å²) < 4.78 is 5.21. The maximum atomic E-state index is 5.21. The second kappa shape index (κ2) is 46.0. The van der Waals surface area contributed by atoms with Crippen molar-refractivity contribution < 1.29 is 4.74 Å². The molecule has 8 aliphatic rings. The SMILES string of the molecule is CC(C)N1CCC(c2ccccc2)CC1.CC(C)N1CCCC1.CC(C)N1CCCCC1.CC(C)N1CCCCCC1.CC(C)N1CCN(C)CC1.CC(C)N1CCN(c2ccccc2)CC1.CC(C)N1CCOCC1.CC1CCN(C(C)C)CC1. The number of likely N-dealkylation sites (tertiary alicyclic amines) is 5. The first-order chi connectivity index (χ1) is 41.2. The fourth-order valence-corrected chi connectivity index (χ4v) is 12.9. The van der Waals surface area contributed by atoms with E-state index >= 15 is 0 Å². The average Bonchev–Trinajstić information content (AvgIpc) is 4.02. The Labute approximate surface area is 535 Å².